The maximum atomic E-state index is 14.0. The van der Waals surface area contributed by atoms with Crippen molar-refractivity contribution in [3.05, 3.63) is 89.1 Å². The number of nitrogens with zero attached hydrogens (tertiary/aromatic N) is 2. The Morgan fingerprint density at radius 1 is 0.900 bits per heavy atom. The highest BCUT2D eigenvalue weighted by Gasteiger charge is 2.34. The van der Waals surface area contributed by atoms with Crippen LogP contribution in [0.5, 0.6) is 0 Å². The fourth-order valence-corrected chi connectivity index (χ4v) is 5.17. The SMILES string of the molecule is Cc1ccc([C@H](C(=O)NC2CCCCC2)N(C(=O)CCCC(=O)Nc2ccccn2)c2ccc(C)c(C)c2)cc1. The predicted octanol–water partition coefficient (Wildman–Crippen LogP) is 6.34. The van der Waals surface area contributed by atoms with Crippen molar-refractivity contribution in [3.63, 3.8) is 0 Å². The zero-order valence-electron chi connectivity index (χ0n) is 23.8. The van der Waals surface area contributed by atoms with E-state index >= 15 is 0 Å². The summed E-state index contributed by atoms with van der Waals surface area (Å²) in [7, 11) is 0. The monoisotopic (exact) mass is 540 g/mol. The average molecular weight is 541 g/mol. The Morgan fingerprint density at radius 3 is 2.33 bits per heavy atom. The first-order valence-electron chi connectivity index (χ1n) is 14.3. The highest BCUT2D eigenvalue weighted by molar-refractivity contribution is 6.01. The molecule has 4 rings (SSSR count). The van der Waals surface area contributed by atoms with Crippen LogP contribution < -0.4 is 15.5 Å². The lowest BCUT2D eigenvalue weighted by Crippen LogP contribution is -2.47. The number of benzene rings is 2. The van der Waals surface area contributed by atoms with Gasteiger partial charge in [0, 0.05) is 30.8 Å². The van der Waals surface area contributed by atoms with Crippen molar-refractivity contribution in [2.75, 3.05) is 10.2 Å². The molecule has 210 valence electrons. The van der Waals surface area contributed by atoms with Crippen LogP contribution in [0.2, 0.25) is 0 Å². The summed E-state index contributed by atoms with van der Waals surface area (Å²) in [5.74, 6) is -0.0859. The molecule has 0 bridgehead atoms. The number of hydrogen-bond donors (Lipinski definition) is 2. The molecule has 1 heterocycles. The number of rotatable bonds is 10. The highest BCUT2D eigenvalue weighted by atomic mass is 16.2. The highest BCUT2D eigenvalue weighted by Crippen LogP contribution is 2.31. The van der Waals surface area contributed by atoms with Crippen LogP contribution in [0.25, 0.3) is 0 Å². The molecule has 7 heteroatoms. The number of carbonyl (C=O) groups is 3. The first-order valence-corrected chi connectivity index (χ1v) is 14.3. The van der Waals surface area contributed by atoms with Crippen LogP contribution in [0, 0.1) is 20.8 Å². The van der Waals surface area contributed by atoms with Crippen molar-refractivity contribution < 1.29 is 14.4 Å². The standard InChI is InChI=1S/C33H40N4O3/c1-23-15-18-26(19-16-23)32(33(40)35-27-10-5-4-6-11-27)37(28-20-17-24(2)25(3)22-28)31(39)14-9-13-30(38)36-29-12-7-8-21-34-29/h7-8,12,15-22,27,32H,4-6,9-11,13-14H2,1-3H3,(H,35,40)(H,34,36,38)/t32-/m1/s1. The minimum absolute atomic E-state index is 0.112. The summed E-state index contributed by atoms with van der Waals surface area (Å²) in [6, 6.07) is 18.3. The molecular formula is C33H40N4O3. The molecule has 1 atom stereocenters. The molecule has 40 heavy (non-hydrogen) atoms. The van der Waals surface area contributed by atoms with E-state index in [1.54, 1.807) is 29.3 Å². The molecule has 3 amide bonds. The van der Waals surface area contributed by atoms with Gasteiger partial charge < -0.3 is 10.6 Å². The Morgan fingerprint density at radius 2 is 1.65 bits per heavy atom. The van der Waals surface area contributed by atoms with E-state index in [1.807, 2.05) is 63.2 Å². The summed E-state index contributed by atoms with van der Waals surface area (Å²) in [4.78, 5) is 46.2. The van der Waals surface area contributed by atoms with Crippen LogP contribution in [0.4, 0.5) is 11.5 Å². The Labute approximate surface area is 237 Å². The van der Waals surface area contributed by atoms with Crippen molar-refractivity contribution in [2.24, 2.45) is 0 Å². The fraction of sp³-hybridized carbons (Fsp3) is 0.394. The molecular weight excluding hydrogens is 500 g/mol. The van der Waals surface area contributed by atoms with E-state index in [2.05, 4.69) is 15.6 Å². The maximum Gasteiger partial charge on any atom is 0.248 e. The molecule has 1 aliphatic carbocycles. The second-order valence-corrected chi connectivity index (χ2v) is 10.8. The number of carbonyl (C=O) groups excluding carboxylic acids is 3. The molecule has 0 spiro atoms. The lowest BCUT2D eigenvalue weighted by Gasteiger charge is -2.34. The first kappa shape index (κ1) is 29.0. The minimum Gasteiger partial charge on any atom is -0.351 e. The van der Waals surface area contributed by atoms with E-state index in [9.17, 15) is 14.4 Å². The number of pyridine rings is 1. The largest absolute Gasteiger partial charge is 0.351 e. The zero-order valence-corrected chi connectivity index (χ0v) is 23.8. The van der Waals surface area contributed by atoms with Gasteiger partial charge in [-0.1, -0.05) is 61.2 Å². The van der Waals surface area contributed by atoms with Gasteiger partial charge in [0.05, 0.1) is 0 Å². The molecule has 0 radical (unpaired) electrons. The second-order valence-electron chi connectivity index (χ2n) is 10.8. The normalized spacial score (nSPS) is 14.3. The van der Waals surface area contributed by atoms with Crippen LogP contribution in [0.15, 0.2) is 66.9 Å². The Balaban J connectivity index is 1.59. The van der Waals surface area contributed by atoms with Gasteiger partial charge in [-0.15, -0.1) is 0 Å². The summed E-state index contributed by atoms with van der Waals surface area (Å²) < 4.78 is 0. The Kier molecular flexibility index (Phi) is 10.1. The molecule has 1 aliphatic rings. The smallest absolute Gasteiger partial charge is 0.248 e. The lowest BCUT2D eigenvalue weighted by atomic mass is 9.94. The predicted molar refractivity (Wildman–Crippen MR) is 159 cm³/mol. The van der Waals surface area contributed by atoms with Gasteiger partial charge in [-0.3, -0.25) is 19.3 Å². The van der Waals surface area contributed by atoms with Crippen LogP contribution >= 0.6 is 0 Å². The number of hydrogen-bond acceptors (Lipinski definition) is 4. The van der Waals surface area contributed by atoms with Crippen molar-refractivity contribution >= 4 is 29.2 Å². The van der Waals surface area contributed by atoms with E-state index in [-0.39, 0.29) is 36.6 Å². The maximum absolute atomic E-state index is 14.0. The number of aryl methyl sites for hydroxylation is 3. The zero-order chi connectivity index (χ0) is 28.5. The van der Waals surface area contributed by atoms with Gasteiger partial charge in [0.15, 0.2) is 0 Å². The molecule has 0 saturated heterocycles. The quantitative estimate of drug-likeness (QED) is 0.314. The molecule has 0 unspecified atom stereocenters. The lowest BCUT2D eigenvalue weighted by molar-refractivity contribution is -0.127. The number of nitrogens with one attached hydrogen (secondary N) is 2. The van der Waals surface area contributed by atoms with Crippen molar-refractivity contribution in [3.8, 4) is 0 Å². The minimum atomic E-state index is -0.820. The number of amides is 3. The van der Waals surface area contributed by atoms with Gasteiger partial charge in [0.2, 0.25) is 17.7 Å². The summed E-state index contributed by atoms with van der Waals surface area (Å²) in [6.45, 7) is 6.04. The van der Waals surface area contributed by atoms with Gasteiger partial charge in [0.25, 0.3) is 0 Å². The molecule has 7 nitrogen and oxygen atoms in total. The van der Waals surface area contributed by atoms with Crippen molar-refractivity contribution in [1.29, 1.82) is 0 Å². The van der Waals surface area contributed by atoms with E-state index < -0.39 is 6.04 Å². The van der Waals surface area contributed by atoms with E-state index in [0.717, 1.165) is 47.9 Å². The van der Waals surface area contributed by atoms with Gasteiger partial charge in [0.1, 0.15) is 11.9 Å². The molecule has 3 aromatic rings. The second kappa shape index (κ2) is 13.9. The third-order valence-corrected chi connectivity index (χ3v) is 7.62. The first-order chi connectivity index (χ1) is 19.3. The van der Waals surface area contributed by atoms with E-state index in [1.165, 1.54) is 6.42 Å². The summed E-state index contributed by atoms with van der Waals surface area (Å²) in [5.41, 5.74) is 4.67. The van der Waals surface area contributed by atoms with Crippen LogP contribution in [-0.4, -0.2) is 28.7 Å². The van der Waals surface area contributed by atoms with Crippen LogP contribution in [0.1, 0.15) is 79.7 Å². The van der Waals surface area contributed by atoms with E-state index in [4.69, 9.17) is 0 Å². The van der Waals surface area contributed by atoms with Gasteiger partial charge in [-0.2, -0.15) is 0 Å². The van der Waals surface area contributed by atoms with Crippen LogP contribution in [0.3, 0.4) is 0 Å². The van der Waals surface area contributed by atoms with Crippen LogP contribution in [-0.2, 0) is 14.4 Å². The number of anilines is 2. The number of aromatic nitrogens is 1. The van der Waals surface area contributed by atoms with Crippen molar-refractivity contribution in [2.45, 2.75) is 84.2 Å². The molecule has 1 aromatic heterocycles. The van der Waals surface area contributed by atoms with Gasteiger partial charge >= 0.3 is 0 Å². The Hall–Kier alpha value is -4.00. The molecule has 1 saturated carbocycles. The summed E-state index contributed by atoms with van der Waals surface area (Å²) >= 11 is 0. The summed E-state index contributed by atoms with van der Waals surface area (Å²) in [5, 5.41) is 6.03. The third kappa shape index (κ3) is 7.78. The molecule has 0 aliphatic heterocycles. The van der Waals surface area contributed by atoms with E-state index in [0.29, 0.717) is 17.9 Å². The topological polar surface area (TPSA) is 91.4 Å². The fourth-order valence-electron chi connectivity index (χ4n) is 5.17. The average Bonchev–Trinajstić information content (AvgIpc) is 2.95. The molecule has 2 N–H and O–H groups in total. The van der Waals surface area contributed by atoms with Gasteiger partial charge in [-0.05, 0) is 81.0 Å². The van der Waals surface area contributed by atoms with Crippen molar-refractivity contribution in [1.82, 2.24) is 10.3 Å². The molecule has 1 fully saturated rings. The summed E-state index contributed by atoms with van der Waals surface area (Å²) in [6.07, 6.45) is 7.56. The Bertz CT molecular complexity index is 1300. The van der Waals surface area contributed by atoms with Gasteiger partial charge in [-0.25, -0.2) is 4.98 Å². The third-order valence-electron chi connectivity index (χ3n) is 7.62. The molecule has 2 aromatic carbocycles.